The molecule has 3 aromatic carbocycles. The van der Waals surface area contributed by atoms with Gasteiger partial charge >= 0.3 is 5.97 Å². The SMILES string of the molecule is CN(C1CC1)C(c1ccccc1)c1ccc(F)c(NC(=O)c2cc(C(=O)O)nn2-c2cccc(CN)c2)c1. The molecule has 1 unspecified atom stereocenters. The second kappa shape index (κ2) is 10.6. The van der Waals surface area contributed by atoms with Gasteiger partial charge in [0.05, 0.1) is 17.4 Å². The molecule has 1 amide bonds. The zero-order chi connectivity index (χ0) is 26.8. The smallest absolute Gasteiger partial charge is 0.356 e. The molecule has 0 radical (unpaired) electrons. The number of carboxylic acids is 1. The van der Waals surface area contributed by atoms with E-state index < -0.39 is 17.7 Å². The van der Waals surface area contributed by atoms with E-state index in [0.717, 1.165) is 29.5 Å². The first-order valence-corrected chi connectivity index (χ1v) is 12.4. The lowest BCUT2D eigenvalue weighted by atomic mass is 9.96. The molecule has 1 aliphatic rings. The van der Waals surface area contributed by atoms with Crippen molar-refractivity contribution in [3.05, 3.63) is 113 Å². The van der Waals surface area contributed by atoms with Gasteiger partial charge in [-0.3, -0.25) is 9.69 Å². The average Bonchev–Trinajstić information content (AvgIpc) is 3.68. The van der Waals surface area contributed by atoms with E-state index >= 15 is 0 Å². The summed E-state index contributed by atoms with van der Waals surface area (Å²) < 4.78 is 16.2. The number of aromatic carboxylic acids is 1. The molecule has 0 saturated heterocycles. The summed E-state index contributed by atoms with van der Waals surface area (Å²) in [5, 5.41) is 16.2. The third kappa shape index (κ3) is 5.20. The number of hydrogen-bond donors (Lipinski definition) is 3. The largest absolute Gasteiger partial charge is 0.476 e. The van der Waals surface area contributed by atoms with Gasteiger partial charge < -0.3 is 16.2 Å². The second-order valence-corrected chi connectivity index (χ2v) is 9.41. The van der Waals surface area contributed by atoms with E-state index in [9.17, 15) is 19.1 Å². The van der Waals surface area contributed by atoms with Crippen LogP contribution in [0.15, 0.2) is 78.9 Å². The van der Waals surface area contributed by atoms with E-state index in [1.165, 1.54) is 16.8 Å². The third-order valence-electron chi connectivity index (χ3n) is 6.75. The van der Waals surface area contributed by atoms with Gasteiger partial charge in [-0.05, 0) is 60.8 Å². The van der Waals surface area contributed by atoms with Gasteiger partial charge in [-0.15, -0.1) is 0 Å². The van der Waals surface area contributed by atoms with Gasteiger partial charge in [0.1, 0.15) is 11.5 Å². The van der Waals surface area contributed by atoms with E-state index in [1.807, 2.05) is 36.4 Å². The molecule has 4 aromatic rings. The monoisotopic (exact) mass is 513 g/mol. The van der Waals surface area contributed by atoms with Gasteiger partial charge in [0.2, 0.25) is 0 Å². The van der Waals surface area contributed by atoms with Crippen LogP contribution in [-0.2, 0) is 6.54 Å². The van der Waals surface area contributed by atoms with Crippen LogP contribution in [-0.4, -0.2) is 44.8 Å². The predicted octanol–water partition coefficient (Wildman–Crippen LogP) is 4.60. The fourth-order valence-electron chi connectivity index (χ4n) is 4.65. The van der Waals surface area contributed by atoms with Gasteiger partial charge in [-0.25, -0.2) is 13.9 Å². The first-order chi connectivity index (χ1) is 18.4. The van der Waals surface area contributed by atoms with E-state index in [2.05, 4.69) is 22.4 Å². The third-order valence-corrected chi connectivity index (χ3v) is 6.75. The van der Waals surface area contributed by atoms with Crippen molar-refractivity contribution in [1.29, 1.82) is 0 Å². The summed E-state index contributed by atoms with van der Waals surface area (Å²) in [6.07, 6.45) is 2.21. The molecular weight excluding hydrogens is 485 g/mol. The molecule has 1 atom stereocenters. The molecule has 0 aliphatic heterocycles. The minimum atomic E-state index is -1.28. The Bertz CT molecular complexity index is 1480. The highest BCUT2D eigenvalue weighted by molar-refractivity contribution is 6.04. The molecule has 1 aliphatic carbocycles. The van der Waals surface area contributed by atoms with E-state index in [0.29, 0.717) is 11.7 Å². The van der Waals surface area contributed by atoms with Crippen LogP contribution < -0.4 is 11.1 Å². The predicted molar refractivity (Wildman–Crippen MR) is 142 cm³/mol. The zero-order valence-electron chi connectivity index (χ0n) is 20.8. The van der Waals surface area contributed by atoms with Crippen LogP contribution in [0.25, 0.3) is 5.69 Å². The number of carboxylic acid groups (broad SMARTS) is 1. The Morgan fingerprint density at radius 2 is 1.84 bits per heavy atom. The minimum absolute atomic E-state index is 0.00189. The van der Waals surface area contributed by atoms with Crippen molar-refractivity contribution in [3.8, 4) is 5.69 Å². The van der Waals surface area contributed by atoms with Crippen molar-refractivity contribution in [1.82, 2.24) is 14.7 Å². The van der Waals surface area contributed by atoms with E-state index in [-0.39, 0.29) is 29.7 Å². The Balaban J connectivity index is 1.50. The number of rotatable bonds is 9. The molecule has 9 heteroatoms. The normalized spacial score (nSPS) is 13.9. The standard InChI is InChI=1S/C29H28FN5O3/c1-34(21-11-12-21)27(19-7-3-2-4-8-19)20-10-13-23(30)24(15-20)32-28(36)26-16-25(29(37)38)33-35(26)22-9-5-6-18(14-22)17-31/h2-10,13-16,21,27H,11-12,17,31H2,1H3,(H,32,36)(H,37,38). The van der Waals surface area contributed by atoms with Gasteiger partial charge in [0, 0.05) is 18.7 Å². The van der Waals surface area contributed by atoms with E-state index in [4.69, 9.17) is 5.73 Å². The summed E-state index contributed by atoms with van der Waals surface area (Å²) in [6.45, 7) is 0.262. The summed E-state index contributed by atoms with van der Waals surface area (Å²) in [5.74, 6) is -2.57. The summed E-state index contributed by atoms with van der Waals surface area (Å²) in [7, 11) is 2.05. The molecule has 1 saturated carbocycles. The zero-order valence-corrected chi connectivity index (χ0v) is 20.8. The Labute approximate surface area is 219 Å². The van der Waals surface area contributed by atoms with Crippen LogP contribution in [0.5, 0.6) is 0 Å². The summed E-state index contributed by atoms with van der Waals surface area (Å²) in [4.78, 5) is 27.3. The van der Waals surface area contributed by atoms with Crippen molar-refractivity contribution in [3.63, 3.8) is 0 Å². The van der Waals surface area contributed by atoms with Crippen LogP contribution in [0.3, 0.4) is 0 Å². The van der Waals surface area contributed by atoms with Crippen LogP contribution in [0.4, 0.5) is 10.1 Å². The first kappa shape index (κ1) is 25.3. The number of nitrogens with one attached hydrogen (secondary N) is 1. The van der Waals surface area contributed by atoms with Gasteiger partial charge in [0.25, 0.3) is 5.91 Å². The lowest BCUT2D eigenvalue weighted by Gasteiger charge is -2.29. The van der Waals surface area contributed by atoms with Crippen molar-refractivity contribution in [2.45, 2.75) is 31.5 Å². The number of nitrogens with two attached hydrogens (primary N) is 1. The fraction of sp³-hybridized carbons (Fsp3) is 0.207. The van der Waals surface area contributed by atoms with Crippen molar-refractivity contribution in [2.24, 2.45) is 5.73 Å². The maximum Gasteiger partial charge on any atom is 0.356 e. The number of carbonyl (C=O) groups is 2. The Hall–Kier alpha value is -4.34. The molecule has 1 fully saturated rings. The van der Waals surface area contributed by atoms with Crippen molar-refractivity contribution >= 4 is 17.6 Å². The van der Waals surface area contributed by atoms with Gasteiger partial charge in [-0.2, -0.15) is 5.10 Å². The number of benzene rings is 3. The number of halogens is 1. The molecule has 194 valence electrons. The first-order valence-electron chi connectivity index (χ1n) is 12.4. The van der Waals surface area contributed by atoms with Crippen LogP contribution in [0.1, 0.15) is 56.6 Å². The highest BCUT2D eigenvalue weighted by Gasteiger charge is 2.33. The van der Waals surface area contributed by atoms with Crippen LogP contribution in [0, 0.1) is 5.82 Å². The number of aromatic nitrogens is 2. The number of hydrogen-bond acceptors (Lipinski definition) is 5. The van der Waals surface area contributed by atoms with Gasteiger partial charge in [0.15, 0.2) is 5.69 Å². The lowest BCUT2D eigenvalue weighted by Crippen LogP contribution is -2.28. The summed E-state index contributed by atoms with van der Waals surface area (Å²) in [5.41, 5.74) is 8.54. The number of anilines is 1. The fourth-order valence-corrected chi connectivity index (χ4v) is 4.65. The Kier molecular flexibility index (Phi) is 7.04. The molecule has 1 aromatic heterocycles. The maximum absolute atomic E-state index is 15.0. The topological polar surface area (TPSA) is 113 Å². The molecule has 0 bridgehead atoms. The second-order valence-electron chi connectivity index (χ2n) is 9.41. The molecule has 8 nitrogen and oxygen atoms in total. The molecule has 5 rings (SSSR count). The van der Waals surface area contributed by atoms with Crippen molar-refractivity contribution < 1.29 is 19.1 Å². The molecular formula is C29H28FN5O3. The highest BCUT2D eigenvalue weighted by atomic mass is 19.1. The molecule has 0 spiro atoms. The average molecular weight is 514 g/mol. The van der Waals surface area contributed by atoms with Crippen molar-refractivity contribution in [2.75, 3.05) is 12.4 Å². The Morgan fingerprint density at radius 3 is 2.53 bits per heavy atom. The molecule has 1 heterocycles. The lowest BCUT2D eigenvalue weighted by molar-refractivity contribution is 0.0689. The highest BCUT2D eigenvalue weighted by Crippen LogP contribution is 2.37. The van der Waals surface area contributed by atoms with Crippen LogP contribution in [0.2, 0.25) is 0 Å². The van der Waals surface area contributed by atoms with Gasteiger partial charge in [-0.1, -0.05) is 48.5 Å². The number of carbonyl (C=O) groups excluding carboxylic acids is 1. The summed E-state index contributed by atoms with van der Waals surface area (Å²) >= 11 is 0. The molecule has 4 N–H and O–H groups in total. The molecule has 38 heavy (non-hydrogen) atoms. The van der Waals surface area contributed by atoms with E-state index in [1.54, 1.807) is 30.3 Å². The number of amides is 1. The number of nitrogens with zero attached hydrogens (tertiary/aromatic N) is 3. The Morgan fingerprint density at radius 1 is 1.08 bits per heavy atom. The van der Waals surface area contributed by atoms with Crippen LogP contribution >= 0.6 is 0 Å². The maximum atomic E-state index is 15.0. The minimum Gasteiger partial charge on any atom is -0.476 e. The quantitative estimate of drug-likeness (QED) is 0.301. The summed E-state index contributed by atoms with van der Waals surface area (Å²) in [6, 6.07) is 23.1.